The summed E-state index contributed by atoms with van der Waals surface area (Å²) in [5.74, 6) is -0.613. The molecule has 100 valence electrons. The highest BCUT2D eigenvalue weighted by Crippen LogP contribution is 2.33. The fraction of sp³-hybridized carbons (Fsp3) is 0.182. The normalized spacial score (nSPS) is 11.9. The van der Waals surface area contributed by atoms with E-state index in [1.54, 1.807) is 0 Å². The third kappa shape index (κ3) is 3.96. The van der Waals surface area contributed by atoms with Gasteiger partial charge in [-0.05, 0) is 18.2 Å². The lowest BCUT2D eigenvalue weighted by molar-refractivity contribution is -0.137. The van der Waals surface area contributed by atoms with Gasteiger partial charge in [0.2, 0.25) is 5.71 Å². The zero-order valence-electron chi connectivity index (χ0n) is 9.55. The van der Waals surface area contributed by atoms with Crippen LogP contribution >= 0.6 is 11.6 Å². The van der Waals surface area contributed by atoms with Gasteiger partial charge in [-0.25, -0.2) is 0 Å². The molecule has 0 aromatic heterocycles. The summed E-state index contributed by atoms with van der Waals surface area (Å²) in [5, 5.41) is 12.0. The van der Waals surface area contributed by atoms with Crippen molar-refractivity contribution in [3.05, 3.63) is 28.8 Å². The first-order valence-electron chi connectivity index (χ1n) is 4.87. The minimum atomic E-state index is -4.52. The molecule has 0 spiro atoms. The number of Topliss-reactive ketones (excluding diaryl/α,β-unsaturated/α-hetero) is 1. The van der Waals surface area contributed by atoms with Crippen LogP contribution in [0, 0.1) is 11.3 Å². The molecule has 0 saturated carbocycles. The van der Waals surface area contributed by atoms with Crippen LogP contribution in [0.15, 0.2) is 23.3 Å². The fourth-order valence-corrected chi connectivity index (χ4v) is 1.25. The maximum Gasteiger partial charge on any atom is 0.416 e. The molecule has 0 heterocycles. The number of carbonyl (C=O) groups excluding carboxylic acids is 1. The molecule has 4 nitrogen and oxygen atoms in total. The van der Waals surface area contributed by atoms with E-state index < -0.39 is 23.2 Å². The first-order valence-corrected chi connectivity index (χ1v) is 5.25. The van der Waals surface area contributed by atoms with Crippen molar-refractivity contribution in [2.24, 2.45) is 5.10 Å². The number of benzene rings is 1. The van der Waals surface area contributed by atoms with Crippen LogP contribution in [0.3, 0.4) is 0 Å². The van der Waals surface area contributed by atoms with Crippen LogP contribution in [0.2, 0.25) is 5.02 Å². The number of carbonyl (C=O) groups is 1. The highest BCUT2D eigenvalue weighted by atomic mass is 35.5. The molecule has 0 fully saturated rings. The lowest BCUT2D eigenvalue weighted by Gasteiger charge is -2.09. The number of nitrogens with zero attached hydrogens (tertiary/aromatic N) is 2. The van der Waals surface area contributed by atoms with Gasteiger partial charge in [-0.1, -0.05) is 11.6 Å². The predicted molar refractivity (Wildman–Crippen MR) is 63.8 cm³/mol. The molecule has 0 aliphatic heterocycles. The first-order chi connectivity index (χ1) is 8.75. The summed E-state index contributed by atoms with van der Waals surface area (Å²) in [6.45, 7) is 1.11. The Morgan fingerprint density at radius 3 is 2.58 bits per heavy atom. The van der Waals surface area contributed by atoms with Crippen LogP contribution in [0.1, 0.15) is 12.5 Å². The molecule has 1 aromatic rings. The highest BCUT2D eigenvalue weighted by Gasteiger charge is 2.30. The van der Waals surface area contributed by atoms with Crippen molar-refractivity contribution in [1.82, 2.24) is 0 Å². The van der Waals surface area contributed by atoms with Gasteiger partial charge in [0.1, 0.15) is 6.07 Å². The molecule has 0 unspecified atom stereocenters. The van der Waals surface area contributed by atoms with Gasteiger partial charge in [0.15, 0.2) is 5.78 Å². The third-order valence-electron chi connectivity index (χ3n) is 2.02. The van der Waals surface area contributed by atoms with Gasteiger partial charge in [0.05, 0.1) is 16.3 Å². The van der Waals surface area contributed by atoms with Gasteiger partial charge in [0, 0.05) is 6.92 Å². The van der Waals surface area contributed by atoms with Gasteiger partial charge in [0.25, 0.3) is 0 Å². The zero-order valence-corrected chi connectivity index (χ0v) is 10.3. The van der Waals surface area contributed by atoms with Crippen molar-refractivity contribution in [1.29, 1.82) is 5.26 Å². The number of hydrogen-bond acceptors (Lipinski definition) is 4. The molecule has 0 amide bonds. The molecule has 0 atom stereocenters. The summed E-state index contributed by atoms with van der Waals surface area (Å²) in [4.78, 5) is 10.9. The van der Waals surface area contributed by atoms with Crippen LogP contribution in [0.4, 0.5) is 18.9 Å². The molecule has 8 heteroatoms. The molecular formula is C11H7ClF3N3O. The van der Waals surface area contributed by atoms with Crippen LogP contribution in [0.5, 0.6) is 0 Å². The van der Waals surface area contributed by atoms with E-state index >= 15 is 0 Å². The highest BCUT2D eigenvalue weighted by molar-refractivity contribution is 6.45. The van der Waals surface area contributed by atoms with E-state index in [4.69, 9.17) is 16.9 Å². The Morgan fingerprint density at radius 2 is 2.11 bits per heavy atom. The number of hydrazone groups is 1. The molecule has 0 aliphatic carbocycles. The molecular weight excluding hydrogens is 283 g/mol. The molecule has 1 N–H and O–H groups in total. The summed E-state index contributed by atoms with van der Waals surface area (Å²) in [6.07, 6.45) is -4.52. The van der Waals surface area contributed by atoms with Crippen molar-refractivity contribution in [2.45, 2.75) is 13.1 Å². The summed E-state index contributed by atoms with van der Waals surface area (Å²) in [5.41, 5.74) is 0.638. The zero-order chi connectivity index (χ0) is 14.6. The quantitative estimate of drug-likeness (QED) is 0.686. The van der Waals surface area contributed by atoms with Gasteiger partial charge >= 0.3 is 6.18 Å². The monoisotopic (exact) mass is 289 g/mol. The van der Waals surface area contributed by atoms with Crippen molar-refractivity contribution in [3.63, 3.8) is 0 Å². The van der Waals surface area contributed by atoms with Crippen LogP contribution in [-0.4, -0.2) is 11.5 Å². The van der Waals surface area contributed by atoms with Gasteiger partial charge in [-0.3, -0.25) is 10.2 Å². The van der Waals surface area contributed by atoms with Crippen molar-refractivity contribution in [3.8, 4) is 6.07 Å². The Kier molecular flexibility index (Phi) is 4.51. The number of alkyl halides is 3. The second-order valence-corrected chi connectivity index (χ2v) is 3.84. The average molecular weight is 290 g/mol. The van der Waals surface area contributed by atoms with E-state index in [1.165, 1.54) is 6.07 Å². The topological polar surface area (TPSA) is 65.2 Å². The Morgan fingerprint density at radius 1 is 1.47 bits per heavy atom. The fourth-order valence-electron chi connectivity index (χ4n) is 1.09. The molecule has 1 aromatic carbocycles. The number of ketones is 1. The smallest absolute Gasteiger partial charge is 0.292 e. The Hall–Kier alpha value is -2.07. The summed E-state index contributed by atoms with van der Waals surface area (Å²) in [6, 6.07) is 4.10. The van der Waals surface area contributed by atoms with E-state index in [2.05, 4.69) is 10.5 Å². The maximum absolute atomic E-state index is 12.5. The molecule has 0 radical (unpaired) electrons. The number of nitrogens with one attached hydrogen (secondary N) is 1. The van der Waals surface area contributed by atoms with Crippen molar-refractivity contribution in [2.75, 3.05) is 5.43 Å². The minimum absolute atomic E-state index is 0.0161. The predicted octanol–water partition coefficient (Wildman–Crippen LogP) is 3.24. The van der Waals surface area contributed by atoms with Gasteiger partial charge in [-0.15, -0.1) is 0 Å². The number of rotatable bonds is 3. The standard InChI is InChI=1S/C11H7ClF3N3O/c1-6(19)10(5-16)18-17-9-4-7(11(13,14)15)2-3-8(9)12/h2-4,17H,1H3/b18-10+. The van der Waals surface area contributed by atoms with Crippen LogP contribution in [0.25, 0.3) is 0 Å². The van der Waals surface area contributed by atoms with Gasteiger partial charge < -0.3 is 0 Å². The van der Waals surface area contributed by atoms with Crippen molar-refractivity contribution < 1.29 is 18.0 Å². The van der Waals surface area contributed by atoms with Crippen LogP contribution < -0.4 is 5.43 Å². The molecule has 0 bridgehead atoms. The van der Waals surface area contributed by atoms with E-state index in [1.807, 2.05) is 0 Å². The Labute approximate surface area is 111 Å². The van der Waals surface area contributed by atoms with E-state index in [9.17, 15) is 18.0 Å². The van der Waals surface area contributed by atoms with Crippen LogP contribution in [-0.2, 0) is 11.0 Å². The van der Waals surface area contributed by atoms with E-state index in [0.717, 1.165) is 25.1 Å². The number of hydrogen-bond donors (Lipinski definition) is 1. The SMILES string of the molecule is CC(=O)/C(C#N)=N/Nc1cc(C(F)(F)F)ccc1Cl. The van der Waals surface area contributed by atoms with E-state index in [-0.39, 0.29) is 10.7 Å². The Bertz CT molecular complexity index is 576. The average Bonchev–Trinajstić information content (AvgIpc) is 2.30. The van der Waals surface area contributed by atoms with Crippen molar-refractivity contribution >= 4 is 28.8 Å². The molecule has 0 saturated heterocycles. The third-order valence-corrected chi connectivity index (χ3v) is 2.35. The number of nitriles is 1. The molecule has 1 rings (SSSR count). The Balaban J connectivity index is 3.09. The summed E-state index contributed by atoms with van der Waals surface area (Å²) >= 11 is 5.69. The summed E-state index contributed by atoms with van der Waals surface area (Å²) in [7, 11) is 0. The molecule has 19 heavy (non-hydrogen) atoms. The maximum atomic E-state index is 12.5. The molecule has 0 aliphatic rings. The second kappa shape index (κ2) is 5.71. The lowest BCUT2D eigenvalue weighted by Crippen LogP contribution is -2.10. The largest absolute Gasteiger partial charge is 0.416 e. The second-order valence-electron chi connectivity index (χ2n) is 3.43. The first kappa shape index (κ1) is 15.0. The number of halogens is 4. The lowest BCUT2D eigenvalue weighted by atomic mass is 10.2. The summed E-state index contributed by atoms with van der Waals surface area (Å²) < 4.78 is 37.4. The number of anilines is 1. The minimum Gasteiger partial charge on any atom is -0.292 e. The van der Waals surface area contributed by atoms with Gasteiger partial charge in [-0.2, -0.15) is 23.5 Å². The van der Waals surface area contributed by atoms with E-state index in [0.29, 0.717) is 0 Å².